The SMILES string of the molecule is CC(C)c1ccc2nc(N3CCC(N)CC3)sc2c1. The number of aromatic nitrogens is 1. The van der Waals surface area contributed by atoms with Crippen molar-refractivity contribution in [3.8, 4) is 0 Å². The van der Waals surface area contributed by atoms with E-state index in [1.165, 1.54) is 10.3 Å². The Kier molecular flexibility index (Phi) is 3.46. The van der Waals surface area contributed by atoms with E-state index in [0.29, 0.717) is 12.0 Å². The van der Waals surface area contributed by atoms with Crippen LogP contribution in [0.25, 0.3) is 10.2 Å². The molecule has 0 atom stereocenters. The van der Waals surface area contributed by atoms with Gasteiger partial charge < -0.3 is 10.6 Å². The molecule has 1 fully saturated rings. The molecule has 3 rings (SSSR count). The van der Waals surface area contributed by atoms with Gasteiger partial charge in [0.1, 0.15) is 0 Å². The fraction of sp³-hybridized carbons (Fsp3) is 0.533. The maximum Gasteiger partial charge on any atom is 0.186 e. The molecule has 1 aromatic carbocycles. The minimum atomic E-state index is 0.373. The highest BCUT2D eigenvalue weighted by atomic mass is 32.1. The zero-order valence-corrected chi connectivity index (χ0v) is 12.4. The number of benzene rings is 1. The quantitative estimate of drug-likeness (QED) is 0.914. The molecule has 3 nitrogen and oxygen atoms in total. The van der Waals surface area contributed by atoms with Crippen molar-refractivity contribution in [2.24, 2.45) is 5.73 Å². The molecular weight excluding hydrogens is 254 g/mol. The third kappa shape index (κ3) is 2.60. The minimum Gasteiger partial charge on any atom is -0.348 e. The van der Waals surface area contributed by atoms with Gasteiger partial charge in [0.2, 0.25) is 0 Å². The summed E-state index contributed by atoms with van der Waals surface area (Å²) in [6.45, 7) is 6.54. The number of nitrogens with zero attached hydrogens (tertiary/aromatic N) is 2. The van der Waals surface area contributed by atoms with Gasteiger partial charge in [-0.1, -0.05) is 31.3 Å². The Morgan fingerprint density at radius 1 is 1.32 bits per heavy atom. The lowest BCUT2D eigenvalue weighted by molar-refractivity contribution is 0.501. The molecule has 0 saturated carbocycles. The van der Waals surface area contributed by atoms with Crippen molar-refractivity contribution in [2.75, 3.05) is 18.0 Å². The number of hydrogen-bond donors (Lipinski definition) is 1. The Morgan fingerprint density at radius 3 is 2.74 bits per heavy atom. The first-order chi connectivity index (χ1) is 9.13. The number of fused-ring (bicyclic) bond motifs is 1. The number of anilines is 1. The predicted octanol–water partition coefficient (Wildman–Crippen LogP) is 3.35. The first-order valence-electron chi connectivity index (χ1n) is 7.04. The summed E-state index contributed by atoms with van der Waals surface area (Å²) in [5.74, 6) is 0.572. The van der Waals surface area contributed by atoms with Gasteiger partial charge in [0.05, 0.1) is 10.2 Å². The Hall–Kier alpha value is -1.13. The van der Waals surface area contributed by atoms with Crippen molar-refractivity contribution in [1.29, 1.82) is 0 Å². The van der Waals surface area contributed by atoms with Gasteiger partial charge in [-0.2, -0.15) is 0 Å². The molecule has 102 valence electrons. The van der Waals surface area contributed by atoms with E-state index in [9.17, 15) is 0 Å². The van der Waals surface area contributed by atoms with E-state index in [1.54, 1.807) is 0 Å². The average Bonchev–Trinajstić information content (AvgIpc) is 2.82. The number of piperidine rings is 1. The van der Waals surface area contributed by atoms with Crippen molar-refractivity contribution in [3.63, 3.8) is 0 Å². The van der Waals surface area contributed by atoms with Gasteiger partial charge in [0.15, 0.2) is 5.13 Å². The van der Waals surface area contributed by atoms with Crippen LogP contribution in [0.4, 0.5) is 5.13 Å². The average molecular weight is 275 g/mol. The molecule has 0 unspecified atom stereocenters. The third-order valence-corrected chi connectivity index (χ3v) is 4.96. The zero-order valence-electron chi connectivity index (χ0n) is 11.6. The first kappa shape index (κ1) is 12.9. The molecule has 19 heavy (non-hydrogen) atoms. The monoisotopic (exact) mass is 275 g/mol. The number of hydrogen-bond acceptors (Lipinski definition) is 4. The number of nitrogens with two attached hydrogens (primary N) is 1. The molecule has 2 N–H and O–H groups in total. The topological polar surface area (TPSA) is 42.2 Å². The van der Waals surface area contributed by atoms with Gasteiger partial charge in [-0.15, -0.1) is 0 Å². The van der Waals surface area contributed by atoms with Crippen LogP contribution in [0.15, 0.2) is 18.2 Å². The lowest BCUT2D eigenvalue weighted by Crippen LogP contribution is -2.39. The van der Waals surface area contributed by atoms with E-state index in [0.717, 1.165) is 36.6 Å². The summed E-state index contributed by atoms with van der Waals surface area (Å²) in [5, 5.41) is 1.16. The van der Waals surface area contributed by atoms with E-state index >= 15 is 0 Å². The molecule has 1 aliphatic heterocycles. The van der Waals surface area contributed by atoms with Gasteiger partial charge in [-0.3, -0.25) is 0 Å². The highest BCUT2D eigenvalue weighted by Gasteiger charge is 2.19. The van der Waals surface area contributed by atoms with Crippen LogP contribution in [0.2, 0.25) is 0 Å². The van der Waals surface area contributed by atoms with Crippen LogP contribution in [0.5, 0.6) is 0 Å². The zero-order chi connectivity index (χ0) is 13.4. The normalized spacial score (nSPS) is 17.6. The fourth-order valence-corrected chi connectivity index (χ4v) is 3.58. The second-order valence-corrected chi connectivity index (χ2v) is 6.71. The maximum atomic E-state index is 5.96. The lowest BCUT2D eigenvalue weighted by Gasteiger charge is -2.29. The number of rotatable bonds is 2. The highest BCUT2D eigenvalue weighted by molar-refractivity contribution is 7.22. The third-order valence-electron chi connectivity index (χ3n) is 3.88. The summed E-state index contributed by atoms with van der Waals surface area (Å²) in [5.41, 5.74) is 8.48. The van der Waals surface area contributed by atoms with Crippen LogP contribution in [-0.2, 0) is 0 Å². The summed E-state index contributed by atoms with van der Waals surface area (Å²) in [6.07, 6.45) is 2.15. The van der Waals surface area contributed by atoms with Crippen LogP contribution in [0, 0.1) is 0 Å². The van der Waals surface area contributed by atoms with Crippen molar-refractivity contribution in [2.45, 2.75) is 38.6 Å². The molecule has 0 bridgehead atoms. The molecule has 2 heterocycles. The smallest absolute Gasteiger partial charge is 0.186 e. The maximum absolute atomic E-state index is 5.96. The van der Waals surface area contributed by atoms with E-state index in [2.05, 4.69) is 36.9 Å². The van der Waals surface area contributed by atoms with Crippen LogP contribution in [-0.4, -0.2) is 24.1 Å². The Morgan fingerprint density at radius 2 is 2.05 bits per heavy atom. The van der Waals surface area contributed by atoms with Gasteiger partial charge in [-0.05, 0) is 36.5 Å². The van der Waals surface area contributed by atoms with Crippen molar-refractivity contribution in [1.82, 2.24) is 4.98 Å². The van der Waals surface area contributed by atoms with Gasteiger partial charge in [-0.25, -0.2) is 4.98 Å². The van der Waals surface area contributed by atoms with Crippen molar-refractivity contribution < 1.29 is 0 Å². The second kappa shape index (κ2) is 5.10. The molecule has 2 aromatic rings. The summed E-state index contributed by atoms with van der Waals surface area (Å²) in [4.78, 5) is 7.14. The molecule has 0 amide bonds. The second-order valence-electron chi connectivity index (χ2n) is 5.70. The minimum absolute atomic E-state index is 0.373. The molecule has 1 aromatic heterocycles. The van der Waals surface area contributed by atoms with Crippen LogP contribution < -0.4 is 10.6 Å². The summed E-state index contributed by atoms with van der Waals surface area (Å²) in [7, 11) is 0. The van der Waals surface area contributed by atoms with Crippen molar-refractivity contribution >= 4 is 26.7 Å². The van der Waals surface area contributed by atoms with E-state index in [1.807, 2.05) is 11.3 Å². The van der Waals surface area contributed by atoms with Crippen LogP contribution in [0.1, 0.15) is 38.2 Å². The lowest BCUT2D eigenvalue weighted by atomic mass is 10.0. The molecule has 4 heteroatoms. The van der Waals surface area contributed by atoms with Gasteiger partial charge >= 0.3 is 0 Å². The van der Waals surface area contributed by atoms with Crippen LogP contribution >= 0.6 is 11.3 Å². The molecule has 0 spiro atoms. The van der Waals surface area contributed by atoms with E-state index < -0.39 is 0 Å². The molecule has 1 aliphatic rings. The Labute approximate surface area is 118 Å². The molecule has 1 saturated heterocycles. The summed E-state index contributed by atoms with van der Waals surface area (Å²) < 4.78 is 1.30. The van der Waals surface area contributed by atoms with E-state index in [4.69, 9.17) is 10.7 Å². The highest BCUT2D eigenvalue weighted by Crippen LogP contribution is 2.32. The first-order valence-corrected chi connectivity index (χ1v) is 7.86. The van der Waals surface area contributed by atoms with Gasteiger partial charge in [0, 0.05) is 19.1 Å². The molecule has 0 aliphatic carbocycles. The largest absolute Gasteiger partial charge is 0.348 e. The fourth-order valence-electron chi connectivity index (χ4n) is 2.51. The predicted molar refractivity (Wildman–Crippen MR) is 83.1 cm³/mol. The molecule has 0 radical (unpaired) electrons. The standard InChI is InChI=1S/C15H21N3S/c1-10(2)11-3-4-13-14(9-11)19-15(17-13)18-7-5-12(16)6-8-18/h3-4,9-10,12H,5-8,16H2,1-2H3. The summed E-state index contributed by atoms with van der Waals surface area (Å²) in [6, 6.07) is 7.01. The van der Waals surface area contributed by atoms with E-state index in [-0.39, 0.29) is 0 Å². The Bertz CT molecular complexity index is 568. The van der Waals surface area contributed by atoms with Crippen molar-refractivity contribution in [3.05, 3.63) is 23.8 Å². The van der Waals surface area contributed by atoms with Gasteiger partial charge in [0.25, 0.3) is 0 Å². The molecular formula is C15H21N3S. The number of thiazole rings is 1. The Balaban J connectivity index is 1.89. The summed E-state index contributed by atoms with van der Waals surface area (Å²) >= 11 is 1.81. The van der Waals surface area contributed by atoms with Crippen LogP contribution in [0.3, 0.4) is 0 Å².